The fraction of sp³-hybridized carbons (Fsp3) is 0.273. The number of H-pyrrole nitrogens is 1. The van der Waals surface area contributed by atoms with Crippen LogP contribution >= 0.6 is 0 Å². The molecule has 0 bridgehead atoms. The summed E-state index contributed by atoms with van der Waals surface area (Å²) < 4.78 is 1.62. The smallest absolute Gasteiger partial charge is 0.239 e. The molecule has 4 aromatic rings. The van der Waals surface area contributed by atoms with Crippen LogP contribution in [0.25, 0.3) is 22.3 Å². The highest BCUT2D eigenvalue weighted by atomic mass is 16.2. The number of nitrogens with one attached hydrogen (secondary N) is 1. The Balaban J connectivity index is 1.64. The first kappa shape index (κ1) is 18.1. The van der Waals surface area contributed by atoms with Crippen molar-refractivity contribution in [1.82, 2.24) is 24.7 Å². The number of aromatic nitrogens is 5. The van der Waals surface area contributed by atoms with E-state index in [-0.39, 0.29) is 11.8 Å². The summed E-state index contributed by atoms with van der Waals surface area (Å²) >= 11 is 0. The van der Waals surface area contributed by atoms with Crippen molar-refractivity contribution in [3.63, 3.8) is 0 Å². The second-order valence-corrected chi connectivity index (χ2v) is 7.53. The normalized spacial score (nSPS) is 12.6. The molecule has 0 aliphatic heterocycles. The van der Waals surface area contributed by atoms with Crippen LogP contribution in [-0.2, 0) is 6.42 Å². The molecule has 1 N–H and O–H groups in total. The minimum atomic E-state index is -0.268. The summed E-state index contributed by atoms with van der Waals surface area (Å²) in [7, 11) is 0. The number of benzene rings is 1. The first-order chi connectivity index (χ1) is 13.5. The molecule has 28 heavy (non-hydrogen) atoms. The molecule has 0 fully saturated rings. The van der Waals surface area contributed by atoms with E-state index in [0.29, 0.717) is 11.6 Å². The average molecular weight is 373 g/mol. The second-order valence-electron chi connectivity index (χ2n) is 7.53. The maximum atomic E-state index is 13.2. The average Bonchev–Trinajstić information content (AvgIpc) is 3.37. The van der Waals surface area contributed by atoms with E-state index in [4.69, 9.17) is 0 Å². The Bertz CT molecular complexity index is 1090. The maximum absolute atomic E-state index is 13.2. The van der Waals surface area contributed by atoms with E-state index in [1.165, 1.54) is 11.9 Å². The molecule has 0 spiro atoms. The lowest BCUT2D eigenvalue weighted by molar-refractivity contribution is 0.0889. The van der Waals surface area contributed by atoms with Gasteiger partial charge in [0.05, 0.1) is 17.8 Å². The van der Waals surface area contributed by atoms with Crippen molar-refractivity contribution in [2.75, 3.05) is 0 Å². The zero-order valence-electron chi connectivity index (χ0n) is 16.3. The van der Waals surface area contributed by atoms with Crippen molar-refractivity contribution >= 4 is 16.9 Å². The SMILES string of the molecule is CC(C)Cc1ccc(C(C)C(=O)n2ccc3c(-c4cn[nH]c4)ncnc32)cc1. The quantitative estimate of drug-likeness (QED) is 0.560. The number of hydrogen-bond donors (Lipinski definition) is 1. The zero-order valence-corrected chi connectivity index (χ0v) is 16.3. The number of carbonyl (C=O) groups excluding carboxylic acids is 1. The van der Waals surface area contributed by atoms with Gasteiger partial charge in [-0.1, -0.05) is 38.1 Å². The molecule has 0 saturated heterocycles. The van der Waals surface area contributed by atoms with Gasteiger partial charge < -0.3 is 0 Å². The lowest BCUT2D eigenvalue weighted by Crippen LogP contribution is -2.17. The minimum Gasteiger partial charge on any atom is -0.285 e. The highest BCUT2D eigenvalue weighted by molar-refractivity contribution is 5.98. The Hall–Kier alpha value is -3.28. The first-order valence-corrected chi connectivity index (χ1v) is 9.49. The van der Waals surface area contributed by atoms with Crippen LogP contribution in [0.3, 0.4) is 0 Å². The Kier molecular flexibility index (Phi) is 4.77. The van der Waals surface area contributed by atoms with Gasteiger partial charge in [-0.25, -0.2) is 9.97 Å². The van der Waals surface area contributed by atoms with Crippen LogP contribution in [0.4, 0.5) is 0 Å². The van der Waals surface area contributed by atoms with Crippen molar-refractivity contribution in [2.45, 2.75) is 33.1 Å². The number of fused-ring (bicyclic) bond motifs is 1. The van der Waals surface area contributed by atoms with Crippen LogP contribution in [0.1, 0.15) is 42.6 Å². The van der Waals surface area contributed by atoms with Crippen molar-refractivity contribution in [3.05, 3.63) is 66.4 Å². The molecule has 0 radical (unpaired) electrons. The van der Waals surface area contributed by atoms with Crippen LogP contribution in [-0.4, -0.2) is 30.6 Å². The third-order valence-corrected chi connectivity index (χ3v) is 4.98. The Labute approximate surface area is 163 Å². The molecular weight excluding hydrogens is 350 g/mol. The van der Waals surface area contributed by atoms with Gasteiger partial charge >= 0.3 is 0 Å². The molecule has 142 valence electrons. The van der Waals surface area contributed by atoms with Crippen LogP contribution in [0, 0.1) is 5.92 Å². The number of carbonyl (C=O) groups is 1. The van der Waals surface area contributed by atoms with Crippen LogP contribution in [0.15, 0.2) is 55.2 Å². The van der Waals surface area contributed by atoms with E-state index in [9.17, 15) is 4.79 Å². The van der Waals surface area contributed by atoms with E-state index >= 15 is 0 Å². The predicted molar refractivity (Wildman–Crippen MR) is 109 cm³/mol. The zero-order chi connectivity index (χ0) is 19.7. The molecule has 1 unspecified atom stereocenters. The molecular formula is C22H23N5O. The van der Waals surface area contributed by atoms with E-state index in [0.717, 1.165) is 28.6 Å². The lowest BCUT2D eigenvalue weighted by atomic mass is 9.96. The third kappa shape index (κ3) is 3.33. The molecule has 0 amide bonds. The minimum absolute atomic E-state index is 0.0107. The number of rotatable bonds is 5. The third-order valence-electron chi connectivity index (χ3n) is 4.98. The van der Waals surface area contributed by atoms with Gasteiger partial charge in [0.25, 0.3) is 0 Å². The van der Waals surface area contributed by atoms with Gasteiger partial charge in [0.1, 0.15) is 6.33 Å². The number of nitrogens with zero attached hydrogens (tertiary/aromatic N) is 4. The lowest BCUT2D eigenvalue weighted by Gasteiger charge is -2.13. The Morgan fingerprint density at radius 2 is 1.89 bits per heavy atom. The van der Waals surface area contributed by atoms with Gasteiger partial charge in [0.2, 0.25) is 5.91 Å². The fourth-order valence-corrected chi connectivity index (χ4v) is 3.50. The van der Waals surface area contributed by atoms with Gasteiger partial charge in [-0.3, -0.25) is 14.5 Å². The molecule has 0 aliphatic rings. The topological polar surface area (TPSA) is 76.5 Å². The Morgan fingerprint density at radius 3 is 2.57 bits per heavy atom. The van der Waals surface area contributed by atoms with Gasteiger partial charge in [0.15, 0.2) is 5.65 Å². The summed E-state index contributed by atoms with van der Waals surface area (Å²) in [5.74, 6) is 0.333. The number of aromatic amines is 1. The van der Waals surface area contributed by atoms with Crippen molar-refractivity contribution in [1.29, 1.82) is 0 Å². The van der Waals surface area contributed by atoms with Crippen LogP contribution in [0.5, 0.6) is 0 Å². The first-order valence-electron chi connectivity index (χ1n) is 9.49. The monoisotopic (exact) mass is 373 g/mol. The summed E-state index contributed by atoms with van der Waals surface area (Å²) in [5, 5.41) is 7.61. The summed E-state index contributed by atoms with van der Waals surface area (Å²) in [6.07, 6.45) is 7.79. The molecule has 0 aliphatic carbocycles. The summed E-state index contributed by atoms with van der Waals surface area (Å²) in [5.41, 5.74) is 4.53. The summed E-state index contributed by atoms with van der Waals surface area (Å²) in [6.45, 7) is 6.34. The molecule has 3 aromatic heterocycles. The van der Waals surface area contributed by atoms with E-state index in [1.807, 2.05) is 13.0 Å². The van der Waals surface area contributed by atoms with Gasteiger partial charge in [-0.15, -0.1) is 0 Å². The fourth-order valence-electron chi connectivity index (χ4n) is 3.50. The molecule has 1 aromatic carbocycles. The van der Waals surface area contributed by atoms with Crippen molar-refractivity contribution in [3.8, 4) is 11.3 Å². The van der Waals surface area contributed by atoms with Crippen molar-refractivity contribution in [2.24, 2.45) is 5.92 Å². The van der Waals surface area contributed by atoms with Crippen molar-refractivity contribution < 1.29 is 4.79 Å². The second kappa shape index (κ2) is 7.38. The Morgan fingerprint density at radius 1 is 1.11 bits per heavy atom. The highest BCUT2D eigenvalue weighted by Gasteiger charge is 2.21. The van der Waals surface area contributed by atoms with E-state index in [1.54, 1.807) is 23.2 Å². The van der Waals surface area contributed by atoms with E-state index < -0.39 is 0 Å². The maximum Gasteiger partial charge on any atom is 0.239 e. The van der Waals surface area contributed by atoms with Crippen LogP contribution in [0.2, 0.25) is 0 Å². The number of hydrogen-bond acceptors (Lipinski definition) is 4. The molecule has 6 heteroatoms. The molecule has 6 nitrogen and oxygen atoms in total. The highest BCUT2D eigenvalue weighted by Crippen LogP contribution is 2.27. The summed E-state index contributed by atoms with van der Waals surface area (Å²) in [6, 6.07) is 10.2. The van der Waals surface area contributed by atoms with Gasteiger partial charge in [0, 0.05) is 23.3 Å². The molecule has 1 atom stereocenters. The van der Waals surface area contributed by atoms with Crippen LogP contribution < -0.4 is 0 Å². The molecule has 3 heterocycles. The van der Waals surface area contributed by atoms with E-state index in [2.05, 4.69) is 58.3 Å². The standard InChI is InChI=1S/C22H23N5O/c1-14(2)10-16-4-6-17(7-5-16)15(3)22(28)27-9-8-19-20(18-11-25-26-12-18)23-13-24-21(19)27/h4-9,11-15H,10H2,1-3H3,(H,25,26). The van der Waals surface area contributed by atoms with Gasteiger partial charge in [-0.2, -0.15) is 5.10 Å². The molecule has 4 rings (SSSR count). The molecule has 0 saturated carbocycles. The van der Waals surface area contributed by atoms with Gasteiger partial charge in [-0.05, 0) is 36.5 Å². The summed E-state index contributed by atoms with van der Waals surface area (Å²) in [4.78, 5) is 21.9. The largest absolute Gasteiger partial charge is 0.285 e. The predicted octanol–water partition coefficient (Wildman–Crippen LogP) is 4.46.